The molecule has 0 spiro atoms. The van der Waals surface area contributed by atoms with Crippen LogP contribution in [0.25, 0.3) is 0 Å². The van der Waals surface area contributed by atoms with Gasteiger partial charge in [0.2, 0.25) is 7.37 Å². The van der Waals surface area contributed by atoms with Crippen molar-refractivity contribution in [3.05, 3.63) is 29.8 Å². The smallest absolute Gasteiger partial charge is 0.443 e. The van der Waals surface area contributed by atoms with Gasteiger partial charge in [0.15, 0.2) is 0 Å². The molecule has 0 bridgehead atoms. The van der Waals surface area contributed by atoms with Gasteiger partial charge in [-0.3, -0.25) is 4.57 Å². The lowest BCUT2D eigenvalue weighted by atomic mass is 10.0. The standard InChI is InChI=1S/C18H24F7O2P/c1-3-5-11-28(26,12-6-4-2)27-15-9-7-14(8-10-15)13-16(19,20)17(21,22)18(23,24)25/h7-10H,3-6,11-13H2,1-2H3. The van der Waals surface area contributed by atoms with Crippen molar-refractivity contribution in [3.63, 3.8) is 0 Å². The van der Waals surface area contributed by atoms with E-state index in [1.54, 1.807) is 0 Å². The summed E-state index contributed by atoms with van der Waals surface area (Å²) in [4.78, 5) is 0. The van der Waals surface area contributed by atoms with E-state index in [1.807, 2.05) is 13.8 Å². The molecule has 0 unspecified atom stereocenters. The Balaban J connectivity index is 2.91. The van der Waals surface area contributed by atoms with Crippen LogP contribution in [0.4, 0.5) is 30.7 Å². The fourth-order valence-electron chi connectivity index (χ4n) is 2.44. The van der Waals surface area contributed by atoms with Gasteiger partial charge in [-0.1, -0.05) is 38.8 Å². The molecule has 10 heteroatoms. The van der Waals surface area contributed by atoms with Crippen molar-refractivity contribution < 1.29 is 39.8 Å². The average Bonchev–Trinajstić information content (AvgIpc) is 2.59. The highest BCUT2D eigenvalue weighted by atomic mass is 31.2. The van der Waals surface area contributed by atoms with Crippen molar-refractivity contribution in [2.24, 2.45) is 0 Å². The number of halogens is 7. The van der Waals surface area contributed by atoms with Crippen LogP contribution in [0.2, 0.25) is 0 Å². The molecule has 162 valence electrons. The molecule has 0 amide bonds. The van der Waals surface area contributed by atoms with Crippen molar-refractivity contribution in [2.75, 3.05) is 12.3 Å². The Kier molecular flexibility index (Phi) is 8.42. The van der Waals surface area contributed by atoms with Gasteiger partial charge in [-0.25, -0.2) is 0 Å². The van der Waals surface area contributed by atoms with Gasteiger partial charge in [0.25, 0.3) is 0 Å². The van der Waals surface area contributed by atoms with Crippen molar-refractivity contribution in [2.45, 2.75) is 64.0 Å². The minimum absolute atomic E-state index is 0.102. The van der Waals surface area contributed by atoms with Gasteiger partial charge in [0.1, 0.15) is 5.75 Å². The van der Waals surface area contributed by atoms with Gasteiger partial charge >= 0.3 is 18.0 Å². The number of unbranched alkanes of at least 4 members (excludes halogenated alkanes) is 2. The second kappa shape index (κ2) is 9.51. The monoisotopic (exact) mass is 436 g/mol. The van der Waals surface area contributed by atoms with E-state index in [4.69, 9.17) is 4.52 Å². The molecule has 0 saturated carbocycles. The largest absolute Gasteiger partial charge is 0.459 e. The molecule has 1 aromatic rings. The molecule has 1 rings (SSSR count). The zero-order chi connectivity index (χ0) is 21.6. The van der Waals surface area contributed by atoms with Gasteiger partial charge in [0.05, 0.1) is 0 Å². The fraction of sp³-hybridized carbons (Fsp3) is 0.667. The summed E-state index contributed by atoms with van der Waals surface area (Å²) in [5.41, 5.74) is -0.418. The summed E-state index contributed by atoms with van der Waals surface area (Å²) in [7, 11) is -3.00. The first-order valence-corrected chi connectivity index (χ1v) is 11.0. The van der Waals surface area contributed by atoms with E-state index in [-0.39, 0.29) is 5.75 Å². The molecule has 28 heavy (non-hydrogen) atoms. The first-order chi connectivity index (χ1) is 12.8. The molecule has 0 atom stereocenters. The molecule has 0 aliphatic heterocycles. The molecule has 0 fully saturated rings. The first kappa shape index (κ1) is 24.8. The Bertz CT molecular complexity index is 645. The molecule has 0 aliphatic rings. The van der Waals surface area contributed by atoms with Crippen LogP contribution in [0.15, 0.2) is 24.3 Å². The van der Waals surface area contributed by atoms with Gasteiger partial charge < -0.3 is 4.52 Å². The summed E-state index contributed by atoms with van der Waals surface area (Å²) >= 11 is 0. The second-order valence-corrected chi connectivity index (χ2v) is 9.36. The molecular formula is C18H24F7O2P. The van der Waals surface area contributed by atoms with Crippen molar-refractivity contribution in [1.29, 1.82) is 0 Å². The summed E-state index contributed by atoms with van der Waals surface area (Å²) in [6.07, 6.45) is -4.48. The van der Waals surface area contributed by atoms with E-state index >= 15 is 0 Å². The lowest BCUT2D eigenvalue weighted by Crippen LogP contribution is -2.52. The number of hydrogen-bond acceptors (Lipinski definition) is 2. The molecule has 0 N–H and O–H groups in total. The van der Waals surface area contributed by atoms with Gasteiger partial charge in [0, 0.05) is 18.7 Å². The number of benzene rings is 1. The summed E-state index contributed by atoms with van der Waals surface area (Å²) in [5, 5.41) is 0. The Labute approximate surface area is 159 Å². The molecule has 1 aromatic carbocycles. The van der Waals surface area contributed by atoms with E-state index in [0.717, 1.165) is 37.1 Å². The maximum Gasteiger partial charge on any atom is 0.459 e. The SMILES string of the molecule is CCCCP(=O)(CCCC)Oc1ccc(CC(F)(F)C(F)(F)C(F)(F)F)cc1. The van der Waals surface area contributed by atoms with Crippen LogP contribution in [0.5, 0.6) is 5.75 Å². The number of rotatable bonds is 11. The summed E-state index contributed by atoms with van der Waals surface area (Å²) in [6.45, 7) is 3.85. The zero-order valence-electron chi connectivity index (χ0n) is 15.7. The average molecular weight is 436 g/mol. The highest BCUT2D eigenvalue weighted by Gasteiger charge is 2.72. The predicted molar refractivity (Wildman–Crippen MR) is 93.9 cm³/mol. The lowest BCUT2D eigenvalue weighted by molar-refractivity contribution is -0.354. The molecule has 0 aliphatic carbocycles. The van der Waals surface area contributed by atoms with Crippen molar-refractivity contribution in [3.8, 4) is 5.75 Å². The Morgan fingerprint density at radius 2 is 1.32 bits per heavy atom. The van der Waals surface area contributed by atoms with E-state index in [1.165, 1.54) is 0 Å². The highest BCUT2D eigenvalue weighted by molar-refractivity contribution is 7.59. The zero-order valence-corrected chi connectivity index (χ0v) is 16.6. The maximum atomic E-state index is 13.5. The molecule has 0 saturated heterocycles. The third-order valence-corrected chi connectivity index (χ3v) is 6.68. The topological polar surface area (TPSA) is 26.3 Å². The van der Waals surface area contributed by atoms with Crippen LogP contribution in [0.1, 0.15) is 45.1 Å². The van der Waals surface area contributed by atoms with Gasteiger partial charge in [-0.2, -0.15) is 30.7 Å². The van der Waals surface area contributed by atoms with E-state index in [9.17, 15) is 35.3 Å². The normalized spacial score (nSPS) is 13.6. The van der Waals surface area contributed by atoms with E-state index < -0.39 is 37.4 Å². The van der Waals surface area contributed by atoms with Crippen molar-refractivity contribution >= 4 is 7.37 Å². The van der Waals surface area contributed by atoms with E-state index in [0.29, 0.717) is 25.2 Å². The fourth-order valence-corrected chi connectivity index (χ4v) is 4.94. The Morgan fingerprint density at radius 1 is 0.857 bits per heavy atom. The lowest BCUT2D eigenvalue weighted by Gasteiger charge is -2.28. The maximum absolute atomic E-state index is 13.5. The Hall–Kier alpha value is -1.24. The third-order valence-electron chi connectivity index (χ3n) is 4.14. The molecule has 0 heterocycles. The quantitative estimate of drug-likeness (QED) is 0.268. The van der Waals surface area contributed by atoms with Crippen LogP contribution < -0.4 is 4.52 Å². The first-order valence-electron chi connectivity index (χ1n) is 8.97. The van der Waals surface area contributed by atoms with Gasteiger partial charge in [-0.05, 0) is 30.5 Å². The summed E-state index contributed by atoms with van der Waals surface area (Å²) < 4.78 is 108. The molecular weight excluding hydrogens is 412 g/mol. The summed E-state index contributed by atoms with van der Waals surface area (Å²) in [5.74, 6) is -11.3. The minimum atomic E-state index is -6.36. The molecule has 0 aromatic heterocycles. The highest BCUT2D eigenvalue weighted by Crippen LogP contribution is 2.50. The van der Waals surface area contributed by atoms with Crippen LogP contribution in [0, 0.1) is 0 Å². The number of alkyl halides is 7. The summed E-state index contributed by atoms with van der Waals surface area (Å²) in [6, 6.07) is 4.25. The van der Waals surface area contributed by atoms with E-state index in [2.05, 4.69) is 0 Å². The van der Waals surface area contributed by atoms with Crippen LogP contribution in [-0.2, 0) is 11.0 Å². The second-order valence-electron chi connectivity index (χ2n) is 6.66. The minimum Gasteiger partial charge on any atom is -0.443 e. The van der Waals surface area contributed by atoms with Crippen LogP contribution in [-0.4, -0.2) is 30.3 Å². The third kappa shape index (κ3) is 6.39. The molecule has 2 nitrogen and oxygen atoms in total. The van der Waals surface area contributed by atoms with Crippen molar-refractivity contribution in [1.82, 2.24) is 0 Å². The molecule has 0 radical (unpaired) electrons. The van der Waals surface area contributed by atoms with Gasteiger partial charge in [-0.15, -0.1) is 0 Å². The predicted octanol–water partition coefficient (Wildman–Crippen LogP) is 7.32. The van der Waals surface area contributed by atoms with Crippen LogP contribution in [0.3, 0.4) is 0 Å². The Morgan fingerprint density at radius 3 is 1.71 bits per heavy atom. The number of hydrogen-bond donors (Lipinski definition) is 0. The van der Waals surface area contributed by atoms with Crippen LogP contribution >= 0.6 is 7.37 Å².